The van der Waals surface area contributed by atoms with E-state index < -0.39 is 5.60 Å². The average molecular weight is 503 g/mol. The van der Waals surface area contributed by atoms with Crippen LogP contribution in [0.5, 0.6) is 0 Å². The summed E-state index contributed by atoms with van der Waals surface area (Å²) in [5.74, 6) is 2.06. The third-order valence-corrected chi connectivity index (χ3v) is 4.61. The highest BCUT2D eigenvalue weighted by molar-refractivity contribution is 14.0. The van der Waals surface area contributed by atoms with Gasteiger partial charge in [0.25, 0.3) is 0 Å². The van der Waals surface area contributed by atoms with Crippen LogP contribution in [0.4, 0.5) is 0 Å². The molecule has 3 rings (SSSR count). The molecule has 0 bridgehead atoms. The quantitative estimate of drug-likeness (QED) is 0.292. The van der Waals surface area contributed by atoms with Gasteiger partial charge in [-0.3, -0.25) is 0 Å². The zero-order chi connectivity index (χ0) is 19.0. The van der Waals surface area contributed by atoms with Gasteiger partial charge in [0.15, 0.2) is 5.96 Å². The van der Waals surface area contributed by atoms with E-state index in [9.17, 15) is 5.11 Å². The molecular formula is C20H30IN3O4. The number of aliphatic hydroxyl groups is 1. The molecule has 8 heteroatoms. The summed E-state index contributed by atoms with van der Waals surface area (Å²) < 4.78 is 16.5. The highest BCUT2D eigenvalue weighted by Gasteiger charge is 2.26. The molecule has 0 radical (unpaired) electrons. The van der Waals surface area contributed by atoms with E-state index in [2.05, 4.69) is 15.6 Å². The van der Waals surface area contributed by atoms with Crippen molar-refractivity contribution >= 4 is 29.9 Å². The smallest absolute Gasteiger partial charge is 0.191 e. The topological polar surface area (TPSA) is 92.2 Å². The molecule has 1 aliphatic rings. The van der Waals surface area contributed by atoms with Crippen LogP contribution in [0.2, 0.25) is 0 Å². The van der Waals surface area contributed by atoms with Gasteiger partial charge in [0.1, 0.15) is 17.1 Å². The van der Waals surface area contributed by atoms with Crippen LogP contribution in [0, 0.1) is 0 Å². The Kier molecular flexibility index (Phi) is 9.33. The average Bonchev–Trinajstić information content (AvgIpc) is 3.38. The van der Waals surface area contributed by atoms with E-state index in [-0.39, 0.29) is 36.6 Å². The molecule has 3 heterocycles. The van der Waals surface area contributed by atoms with Gasteiger partial charge in [0.05, 0.1) is 25.2 Å². The number of halogens is 1. The summed E-state index contributed by atoms with van der Waals surface area (Å²) in [7, 11) is 0. The lowest BCUT2D eigenvalue weighted by atomic mass is 10.0. The van der Waals surface area contributed by atoms with E-state index >= 15 is 0 Å². The second-order valence-corrected chi connectivity index (χ2v) is 7.04. The molecular weight excluding hydrogens is 473 g/mol. The third-order valence-electron chi connectivity index (χ3n) is 4.61. The molecule has 0 aromatic carbocycles. The molecule has 2 unspecified atom stereocenters. The lowest BCUT2D eigenvalue weighted by Crippen LogP contribution is -2.44. The lowest BCUT2D eigenvalue weighted by molar-refractivity contribution is 0.0193. The second kappa shape index (κ2) is 11.5. The molecule has 1 saturated heterocycles. The van der Waals surface area contributed by atoms with Gasteiger partial charge in [0.2, 0.25) is 0 Å². The zero-order valence-electron chi connectivity index (χ0n) is 16.2. The minimum absolute atomic E-state index is 0. The van der Waals surface area contributed by atoms with Gasteiger partial charge >= 0.3 is 0 Å². The van der Waals surface area contributed by atoms with Crippen molar-refractivity contribution in [1.29, 1.82) is 0 Å². The van der Waals surface area contributed by atoms with Crippen LogP contribution in [0.1, 0.15) is 37.7 Å². The van der Waals surface area contributed by atoms with Crippen LogP contribution in [0.15, 0.2) is 50.6 Å². The predicted molar refractivity (Wildman–Crippen MR) is 118 cm³/mol. The fourth-order valence-electron chi connectivity index (χ4n) is 3.01. The molecule has 2 aromatic heterocycles. The van der Waals surface area contributed by atoms with Crippen molar-refractivity contribution in [1.82, 2.24) is 10.6 Å². The summed E-state index contributed by atoms with van der Waals surface area (Å²) in [5, 5.41) is 17.2. The number of hydrogen-bond acceptors (Lipinski definition) is 5. The first-order valence-corrected chi connectivity index (χ1v) is 9.56. The van der Waals surface area contributed by atoms with Crippen molar-refractivity contribution in [2.24, 2.45) is 4.99 Å². The Morgan fingerprint density at radius 1 is 1.21 bits per heavy atom. The van der Waals surface area contributed by atoms with Crippen molar-refractivity contribution in [2.45, 2.75) is 44.3 Å². The Hall–Kier alpha value is -1.52. The number of guanidine groups is 1. The molecule has 7 nitrogen and oxygen atoms in total. The van der Waals surface area contributed by atoms with E-state index in [1.807, 2.05) is 12.1 Å². The Morgan fingerprint density at radius 2 is 2.04 bits per heavy atom. The molecule has 3 N–H and O–H groups in total. The Labute approximate surface area is 182 Å². The van der Waals surface area contributed by atoms with Crippen LogP contribution < -0.4 is 10.6 Å². The molecule has 28 heavy (non-hydrogen) atoms. The van der Waals surface area contributed by atoms with E-state index in [1.165, 1.54) is 6.42 Å². The van der Waals surface area contributed by atoms with Crippen molar-refractivity contribution in [3.05, 3.63) is 48.3 Å². The first kappa shape index (κ1) is 22.8. The van der Waals surface area contributed by atoms with Gasteiger partial charge in [0, 0.05) is 26.1 Å². The monoisotopic (exact) mass is 503 g/mol. The molecule has 0 amide bonds. The fraction of sp³-hybridized carbons (Fsp3) is 0.550. The molecule has 0 spiro atoms. The summed E-state index contributed by atoms with van der Waals surface area (Å²) in [6, 6.07) is 7.34. The number of nitrogens with zero attached hydrogens (tertiary/aromatic N) is 1. The van der Waals surface area contributed by atoms with Crippen LogP contribution >= 0.6 is 24.0 Å². The fourth-order valence-corrected chi connectivity index (χ4v) is 3.01. The van der Waals surface area contributed by atoms with Crippen LogP contribution in [0.25, 0.3) is 0 Å². The van der Waals surface area contributed by atoms with Crippen molar-refractivity contribution in [3.63, 3.8) is 0 Å². The molecule has 1 fully saturated rings. The minimum Gasteiger partial charge on any atom is -0.469 e. The minimum atomic E-state index is -1.17. The summed E-state index contributed by atoms with van der Waals surface area (Å²) in [5.41, 5.74) is -1.17. The SMILES string of the molecule is CC(O)(CN=C(NCCc1ccco1)NCC1CCCCO1)c1ccco1.I. The molecule has 1 aliphatic heterocycles. The summed E-state index contributed by atoms with van der Waals surface area (Å²) in [6.07, 6.45) is 7.54. The molecule has 2 atom stereocenters. The predicted octanol–water partition coefficient (Wildman–Crippen LogP) is 3.05. The van der Waals surface area contributed by atoms with Gasteiger partial charge in [-0.05, 0) is 50.5 Å². The van der Waals surface area contributed by atoms with Gasteiger partial charge < -0.3 is 29.3 Å². The van der Waals surface area contributed by atoms with E-state index in [1.54, 1.807) is 31.6 Å². The number of hydrogen-bond donors (Lipinski definition) is 3. The van der Waals surface area contributed by atoms with Crippen LogP contribution in [0.3, 0.4) is 0 Å². The highest BCUT2D eigenvalue weighted by Crippen LogP contribution is 2.21. The summed E-state index contributed by atoms with van der Waals surface area (Å²) >= 11 is 0. The Morgan fingerprint density at radius 3 is 2.71 bits per heavy atom. The number of nitrogens with one attached hydrogen (secondary N) is 2. The van der Waals surface area contributed by atoms with Gasteiger partial charge in [-0.2, -0.15) is 0 Å². The molecule has 156 valence electrons. The van der Waals surface area contributed by atoms with E-state index in [0.717, 1.165) is 31.6 Å². The number of rotatable bonds is 8. The molecule has 0 aliphatic carbocycles. The number of furan rings is 2. The maximum atomic E-state index is 10.6. The van der Waals surface area contributed by atoms with Crippen molar-refractivity contribution < 1.29 is 18.7 Å². The van der Waals surface area contributed by atoms with Crippen molar-refractivity contribution in [2.75, 3.05) is 26.2 Å². The third kappa shape index (κ3) is 7.14. The largest absolute Gasteiger partial charge is 0.469 e. The maximum Gasteiger partial charge on any atom is 0.191 e. The van der Waals surface area contributed by atoms with Crippen LogP contribution in [-0.4, -0.2) is 43.4 Å². The number of aliphatic imine (C=N–C) groups is 1. The number of ether oxygens (including phenoxy) is 1. The first-order chi connectivity index (χ1) is 13.1. The van der Waals surface area contributed by atoms with Gasteiger partial charge in [-0.25, -0.2) is 4.99 Å². The van der Waals surface area contributed by atoms with Crippen LogP contribution in [-0.2, 0) is 16.8 Å². The summed E-state index contributed by atoms with van der Waals surface area (Å²) in [6.45, 7) is 4.06. The second-order valence-electron chi connectivity index (χ2n) is 7.04. The normalized spacial score (nSPS) is 19.5. The molecule has 2 aromatic rings. The van der Waals surface area contributed by atoms with Gasteiger partial charge in [-0.15, -0.1) is 24.0 Å². The maximum absolute atomic E-state index is 10.6. The highest BCUT2D eigenvalue weighted by atomic mass is 127. The lowest BCUT2D eigenvalue weighted by Gasteiger charge is -2.24. The molecule has 0 saturated carbocycles. The van der Waals surface area contributed by atoms with E-state index in [4.69, 9.17) is 13.6 Å². The van der Waals surface area contributed by atoms with E-state index in [0.29, 0.717) is 24.8 Å². The zero-order valence-corrected chi connectivity index (χ0v) is 18.6. The Bertz CT molecular complexity index is 680. The van der Waals surface area contributed by atoms with Crippen molar-refractivity contribution in [3.8, 4) is 0 Å². The van der Waals surface area contributed by atoms with Gasteiger partial charge in [-0.1, -0.05) is 0 Å². The summed E-state index contributed by atoms with van der Waals surface area (Å²) in [4.78, 5) is 4.55. The first-order valence-electron chi connectivity index (χ1n) is 9.56. The standard InChI is InChI=1S/C20H29N3O4.HI/c1-20(24,18-8-5-13-27-18)15-23-19(21-10-9-16-7-4-12-25-16)22-14-17-6-2-3-11-26-17;/h4-5,7-8,12-13,17,24H,2-3,6,9-11,14-15H2,1H3,(H2,21,22,23);1H. The Balaban J connectivity index is 0.00000280.